The van der Waals surface area contributed by atoms with Crippen molar-refractivity contribution in [3.05, 3.63) is 94.8 Å². The normalized spacial score (nSPS) is 10.3. The van der Waals surface area contributed by atoms with Crippen molar-refractivity contribution in [3.8, 4) is 5.75 Å². The molecule has 29 heavy (non-hydrogen) atoms. The van der Waals surface area contributed by atoms with Crippen LogP contribution in [0.4, 0.5) is 10.1 Å². The van der Waals surface area contributed by atoms with Gasteiger partial charge < -0.3 is 15.4 Å². The maximum absolute atomic E-state index is 13.2. The van der Waals surface area contributed by atoms with E-state index in [9.17, 15) is 14.0 Å². The van der Waals surface area contributed by atoms with E-state index in [2.05, 4.69) is 10.6 Å². The Morgan fingerprint density at radius 3 is 2.45 bits per heavy atom. The predicted octanol–water partition coefficient (Wildman–Crippen LogP) is 4.43. The molecule has 0 aromatic heterocycles. The van der Waals surface area contributed by atoms with Crippen molar-refractivity contribution in [1.29, 1.82) is 0 Å². The summed E-state index contributed by atoms with van der Waals surface area (Å²) in [4.78, 5) is 24.6. The maximum atomic E-state index is 13.2. The van der Waals surface area contributed by atoms with E-state index in [0.29, 0.717) is 17.8 Å². The number of carbonyl (C=O) groups is 2. The summed E-state index contributed by atoms with van der Waals surface area (Å²) in [6, 6.07) is 20.0. The largest absolute Gasteiger partial charge is 0.483 e. The average molecular weight is 413 g/mol. The van der Waals surface area contributed by atoms with E-state index in [1.165, 1.54) is 12.1 Å². The summed E-state index contributed by atoms with van der Waals surface area (Å²) in [5.41, 5.74) is 1.64. The number of rotatable bonds is 7. The molecule has 0 bridgehead atoms. The van der Waals surface area contributed by atoms with Crippen molar-refractivity contribution < 1.29 is 18.7 Å². The minimum atomic E-state index is -0.573. The zero-order chi connectivity index (χ0) is 20.6. The van der Waals surface area contributed by atoms with Crippen LogP contribution in [0.15, 0.2) is 72.8 Å². The fourth-order valence-electron chi connectivity index (χ4n) is 2.57. The lowest BCUT2D eigenvalue weighted by molar-refractivity contribution is -0.118. The lowest BCUT2D eigenvalue weighted by Crippen LogP contribution is -2.25. The molecule has 0 aliphatic heterocycles. The van der Waals surface area contributed by atoms with E-state index in [1.807, 2.05) is 30.3 Å². The molecule has 0 saturated heterocycles. The van der Waals surface area contributed by atoms with Crippen molar-refractivity contribution >= 4 is 29.1 Å². The SMILES string of the molecule is O=C(COc1ccccc1C(=O)NCc1ccccc1)Nc1ccc(F)c(Cl)c1. The number of benzene rings is 3. The average Bonchev–Trinajstić information content (AvgIpc) is 2.74. The first-order valence-corrected chi connectivity index (χ1v) is 9.19. The number of anilines is 1. The van der Waals surface area contributed by atoms with E-state index < -0.39 is 11.7 Å². The number of para-hydroxylation sites is 1. The van der Waals surface area contributed by atoms with Gasteiger partial charge in [0.2, 0.25) is 0 Å². The molecule has 0 aliphatic rings. The summed E-state index contributed by atoms with van der Waals surface area (Å²) in [6.45, 7) is 0.0534. The molecule has 0 saturated carbocycles. The third-order valence-electron chi connectivity index (χ3n) is 3.99. The van der Waals surface area contributed by atoms with Crippen LogP contribution in [0.2, 0.25) is 5.02 Å². The van der Waals surface area contributed by atoms with Crippen LogP contribution in [0, 0.1) is 5.82 Å². The molecule has 0 fully saturated rings. The molecule has 3 rings (SSSR count). The first-order chi connectivity index (χ1) is 14.0. The van der Waals surface area contributed by atoms with E-state index >= 15 is 0 Å². The molecule has 3 aromatic carbocycles. The third-order valence-corrected chi connectivity index (χ3v) is 4.28. The predicted molar refractivity (Wildman–Crippen MR) is 110 cm³/mol. The minimum absolute atomic E-state index is 0.0934. The standard InChI is InChI=1S/C22H18ClFN2O3/c23-18-12-16(10-11-19(18)24)26-21(27)14-29-20-9-5-4-8-17(20)22(28)25-13-15-6-2-1-3-7-15/h1-12H,13-14H2,(H,25,28)(H,26,27). The van der Waals surface area contributed by atoms with Crippen molar-refractivity contribution in [3.63, 3.8) is 0 Å². The summed E-state index contributed by atoms with van der Waals surface area (Å²) in [7, 11) is 0. The van der Waals surface area contributed by atoms with E-state index in [-0.39, 0.29) is 23.3 Å². The van der Waals surface area contributed by atoms with Gasteiger partial charge >= 0.3 is 0 Å². The lowest BCUT2D eigenvalue weighted by Gasteiger charge is -2.12. The van der Waals surface area contributed by atoms with Gasteiger partial charge in [0.25, 0.3) is 11.8 Å². The first kappa shape index (κ1) is 20.4. The number of amides is 2. The second kappa shape index (κ2) is 9.71. The van der Waals surface area contributed by atoms with Gasteiger partial charge in [0.15, 0.2) is 6.61 Å². The fraction of sp³-hybridized carbons (Fsp3) is 0.0909. The molecule has 0 spiro atoms. The first-order valence-electron chi connectivity index (χ1n) is 8.82. The van der Waals surface area contributed by atoms with Gasteiger partial charge in [-0.3, -0.25) is 9.59 Å². The van der Waals surface area contributed by atoms with Crippen LogP contribution in [0.25, 0.3) is 0 Å². The minimum Gasteiger partial charge on any atom is -0.483 e. The molecule has 2 N–H and O–H groups in total. The van der Waals surface area contributed by atoms with Gasteiger partial charge in [0.1, 0.15) is 11.6 Å². The Kier molecular flexibility index (Phi) is 6.81. The van der Waals surface area contributed by atoms with Crippen LogP contribution < -0.4 is 15.4 Å². The zero-order valence-corrected chi connectivity index (χ0v) is 16.1. The van der Waals surface area contributed by atoms with Crippen molar-refractivity contribution in [2.24, 2.45) is 0 Å². The van der Waals surface area contributed by atoms with Crippen LogP contribution in [-0.2, 0) is 11.3 Å². The number of nitrogens with one attached hydrogen (secondary N) is 2. The molecule has 2 amide bonds. The Morgan fingerprint density at radius 1 is 0.966 bits per heavy atom. The van der Waals surface area contributed by atoms with Gasteiger partial charge in [-0.15, -0.1) is 0 Å². The number of ether oxygens (including phenoxy) is 1. The molecule has 0 unspecified atom stereocenters. The van der Waals surface area contributed by atoms with E-state index in [1.54, 1.807) is 24.3 Å². The molecular weight excluding hydrogens is 395 g/mol. The molecule has 0 radical (unpaired) electrons. The van der Waals surface area contributed by atoms with Gasteiger partial charge in [-0.25, -0.2) is 4.39 Å². The quantitative estimate of drug-likeness (QED) is 0.603. The summed E-state index contributed by atoms with van der Waals surface area (Å²) < 4.78 is 18.7. The Hall–Kier alpha value is -3.38. The molecule has 148 valence electrons. The summed E-state index contributed by atoms with van der Waals surface area (Å²) >= 11 is 5.70. The lowest BCUT2D eigenvalue weighted by atomic mass is 10.1. The highest BCUT2D eigenvalue weighted by molar-refractivity contribution is 6.31. The Bertz CT molecular complexity index is 1010. The number of hydrogen-bond donors (Lipinski definition) is 2. The third kappa shape index (κ3) is 5.80. The maximum Gasteiger partial charge on any atom is 0.262 e. The zero-order valence-electron chi connectivity index (χ0n) is 15.3. The molecule has 0 atom stereocenters. The molecule has 3 aromatic rings. The second-order valence-corrected chi connectivity index (χ2v) is 6.54. The van der Waals surface area contributed by atoms with Gasteiger partial charge in [-0.05, 0) is 35.9 Å². The molecule has 7 heteroatoms. The van der Waals surface area contributed by atoms with Crippen molar-refractivity contribution in [2.75, 3.05) is 11.9 Å². The topological polar surface area (TPSA) is 67.4 Å². The number of carbonyl (C=O) groups excluding carboxylic acids is 2. The second-order valence-electron chi connectivity index (χ2n) is 6.13. The van der Waals surface area contributed by atoms with Crippen LogP contribution in [0.3, 0.4) is 0 Å². The highest BCUT2D eigenvalue weighted by Crippen LogP contribution is 2.20. The number of halogens is 2. The van der Waals surface area contributed by atoms with Gasteiger partial charge in [0, 0.05) is 12.2 Å². The van der Waals surface area contributed by atoms with Crippen LogP contribution in [0.5, 0.6) is 5.75 Å². The van der Waals surface area contributed by atoms with E-state index in [0.717, 1.165) is 11.6 Å². The van der Waals surface area contributed by atoms with Crippen LogP contribution >= 0.6 is 11.6 Å². The number of hydrogen-bond acceptors (Lipinski definition) is 3. The molecule has 0 aliphatic carbocycles. The Labute approximate surface area is 172 Å². The smallest absolute Gasteiger partial charge is 0.262 e. The summed E-state index contributed by atoms with van der Waals surface area (Å²) in [6.07, 6.45) is 0. The van der Waals surface area contributed by atoms with Gasteiger partial charge in [0.05, 0.1) is 10.6 Å². The molecule has 0 heterocycles. The van der Waals surface area contributed by atoms with E-state index in [4.69, 9.17) is 16.3 Å². The summed E-state index contributed by atoms with van der Waals surface area (Å²) in [5, 5.41) is 5.29. The van der Waals surface area contributed by atoms with Crippen LogP contribution in [0.1, 0.15) is 15.9 Å². The van der Waals surface area contributed by atoms with Gasteiger partial charge in [-0.1, -0.05) is 54.1 Å². The highest BCUT2D eigenvalue weighted by atomic mass is 35.5. The monoisotopic (exact) mass is 412 g/mol. The Balaban J connectivity index is 1.58. The fourth-order valence-corrected chi connectivity index (χ4v) is 2.75. The molecule has 5 nitrogen and oxygen atoms in total. The van der Waals surface area contributed by atoms with Crippen molar-refractivity contribution in [2.45, 2.75) is 6.54 Å². The highest BCUT2D eigenvalue weighted by Gasteiger charge is 2.13. The van der Waals surface area contributed by atoms with Gasteiger partial charge in [-0.2, -0.15) is 0 Å². The summed E-state index contributed by atoms with van der Waals surface area (Å²) in [5.74, 6) is -1.07. The van der Waals surface area contributed by atoms with Crippen LogP contribution in [-0.4, -0.2) is 18.4 Å². The van der Waals surface area contributed by atoms with Crippen molar-refractivity contribution in [1.82, 2.24) is 5.32 Å². The Morgan fingerprint density at radius 2 is 1.69 bits per heavy atom. The molecular formula is C22H18ClFN2O3.